The van der Waals surface area contributed by atoms with Crippen LogP contribution in [-0.4, -0.2) is 55.3 Å². The maximum absolute atomic E-state index is 9.43. The molecule has 0 aromatic carbocycles. The minimum atomic E-state index is -1.31. The molecule has 106 valence electrons. The molecule has 17 heavy (non-hydrogen) atoms. The van der Waals surface area contributed by atoms with E-state index in [-0.39, 0.29) is 27.4 Å². The monoisotopic (exact) mass is 302 g/mol. The van der Waals surface area contributed by atoms with E-state index < -0.39 is 36.7 Å². The molecule has 0 unspecified atom stereocenters. The van der Waals surface area contributed by atoms with Crippen molar-refractivity contribution >= 4 is 23.9 Å². The Hall–Kier alpha value is -1.71. The van der Waals surface area contributed by atoms with E-state index in [0.29, 0.717) is 0 Å². The Balaban J connectivity index is -0.0000000480. The normalized spacial score (nSPS) is 6.59. The molecule has 0 atom stereocenters. The van der Waals surface area contributed by atoms with Crippen LogP contribution in [0.1, 0.15) is 12.8 Å². The molecular weight excluding hydrogens is 291 g/mol. The number of carboxylic acids is 4. The Morgan fingerprint density at radius 3 is 0.706 bits per heavy atom. The smallest absolute Gasteiger partial charge is 0.314 e. The van der Waals surface area contributed by atoms with Gasteiger partial charge in [0.2, 0.25) is 0 Å². The van der Waals surface area contributed by atoms with Gasteiger partial charge >= 0.3 is 23.9 Å². The van der Waals surface area contributed by atoms with Crippen LogP contribution in [0.2, 0.25) is 0 Å². The fourth-order valence-electron chi connectivity index (χ4n) is 0.259. The zero-order valence-electron chi connectivity index (χ0n) is 8.15. The van der Waals surface area contributed by atoms with Gasteiger partial charge in [-0.15, -0.1) is 0 Å². The minimum absolute atomic E-state index is 0. The number of hydrogen-bond donors (Lipinski definition) is 4. The van der Waals surface area contributed by atoms with Crippen molar-refractivity contribution in [3.8, 4) is 0 Å². The van der Waals surface area contributed by atoms with E-state index in [9.17, 15) is 19.2 Å². The van der Waals surface area contributed by atoms with Crippen LogP contribution in [0.15, 0.2) is 0 Å². The molecule has 10 nitrogen and oxygen atoms in total. The molecule has 0 aliphatic heterocycles. The molecule has 0 radical (unpaired) electrons. The average molecular weight is 303 g/mol. The van der Waals surface area contributed by atoms with Gasteiger partial charge in [0.05, 0.1) is 0 Å². The second-order valence-corrected chi connectivity index (χ2v) is 1.93. The van der Waals surface area contributed by atoms with Gasteiger partial charge in [-0.25, -0.2) is 0 Å². The molecule has 0 aromatic heterocycles. The standard InChI is InChI=1S/2C3H4O4.Ni.2H2O/c2*4-2(5)1-3(6)7;;;/h2*1H2,(H,4,5)(H,6,7);;2*1H2. The van der Waals surface area contributed by atoms with E-state index in [1.807, 2.05) is 0 Å². The van der Waals surface area contributed by atoms with Gasteiger partial charge in [0.1, 0.15) is 12.8 Å². The molecule has 8 N–H and O–H groups in total. The molecule has 0 fully saturated rings. The zero-order valence-corrected chi connectivity index (χ0v) is 9.14. The van der Waals surface area contributed by atoms with Crippen molar-refractivity contribution in [2.24, 2.45) is 0 Å². The van der Waals surface area contributed by atoms with E-state index >= 15 is 0 Å². The Labute approximate surface area is 104 Å². The van der Waals surface area contributed by atoms with E-state index in [4.69, 9.17) is 20.4 Å². The van der Waals surface area contributed by atoms with Gasteiger partial charge in [-0.1, -0.05) is 0 Å². The Morgan fingerprint density at radius 2 is 0.706 bits per heavy atom. The molecule has 0 aromatic rings. The minimum Gasteiger partial charge on any atom is -0.481 e. The molecule has 0 amide bonds. The van der Waals surface area contributed by atoms with E-state index in [0.717, 1.165) is 0 Å². The molecule has 0 saturated carbocycles. The van der Waals surface area contributed by atoms with Crippen molar-refractivity contribution in [2.75, 3.05) is 0 Å². The first-order valence-electron chi connectivity index (χ1n) is 3.13. The quantitative estimate of drug-likeness (QED) is 0.319. The topological polar surface area (TPSA) is 212 Å². The van der Waals surface area contributed by atoms with Crippen LogP contribution < -0.4 is 0 Å². The Morgan fingerprint density at radius 1 is 0.588 bits per heavy atom. The van der Waals surface area contributed by atoms with Crippen molar-refractivity contribution in [3.05, 3.63) is 0 Å². The first kappa shape index (κ1) is 29.5. The summed E-state index contributed by atoms with van der Waals surface area (Å²) in [5, 5.41) is 30.8. The molecule has 0 aliphatic rings. The number of rotatable bonds is 4. The number of aliphatic carboxylic acids is 4. The van der Waals surface area contributed by atoms with Gasteiger partial charge in [-0.3, -0.25) is 19.2 Å². The second-order valence-electron chi connectivity index (χ2n) is 1.93. The van der Waals surface area contributed by atoms with E-state index in [1.54, 1.807) is 0 Å². The summed E-state index contributed by atoms with van der Waals surface area (Å²) < 4.78 is 0. The van der Waals surface area contributed by atoms with E-state index in [2.05, 4.69) is 0 Å². The number of carboxylic acid groups (broad SMARTS) is 4. The van der Waals surface area contributed by atoms with Gasteiger partial charge in [-0.05, 0) is 0 Å². The molecule has 0 bridgehead atoms. The van der Waals surface area contributed by atoms with Crippen LogP contribution in [0, 0.1) is 0 Å². The first-order chi connectivity index (χ1) is 6.25. The van der Waals surface area contributed by atoms with Crippen LogP contribution >= 0.6 is 0 Å². The third kappa shape index (κ3) is 54.5. The third-order valence-electron chi connectivity index (χ3n) is 0.605. The van der Waals surface area contributed by atoms with Gasteiger partial charge < -0.3 is 31.4 Å². The van der Waals surface area contributed by atoms with Crippen molar-refractivity contribution in [1.29, 1.82) is 0 Å². The fourth-order valence-corrected chi connectivity index (χ4v) is 0.259. The first-order valence-corrected chi connectivity index (χ1v) is 3.13. The fraction of sp³-hybridized carbons (Fsp3) is 0.333. The summed E-state index contributed by atoms with van der Waals surface area (Å²) in [5.41, 5.74) is 0. The summed E-state index contributed by atoms with van der Waals surface area (Å²) in [7, 11) is 0. The predicted octanol–water partition coefficient (Wildman–Crippen LogP) is -2.56. The maximum Gasteiger partial charge on any atom is 0.314 e. The predicted molar refractivity (Wildman–Crippen MR) is 47.0 cm³/mol. The van der Waals surface area contributed by atoms with Gasteiger partial charge in [0.15, 0.2) is 0 Å². The molecule has 11 heteroatoms. The SMILES string of the molecule is O.O.O=C(O)CC(=O)O.O=C(O)CC(=O)O.[Ni]. The van der Waals surface area contributed by atoms with Crippen LogP contribution in [0.3, 0.4) is 0 Å². The van der Waals surface area contributed by atoms with Crippen molar-refractivity contribution in [2.45, 2.75) is 12.8 Å². The van der Waals surface area contributed by atoms with Gasteiger partial charge in [0, 0.05) is 16.5 Å². The zero-order chi connectivity index (χ0) is 11.7. The Kier molecular flexibility index (Phi) is 29.0. The summed E-state index contributed by atoms with van der Waals surface area (Å²) in [6, 6.07) is 0. The van der Waals surface area contributed by atoms with Crippen LogP contribution in [0.25, 0.3) is 0 Å². The Bertz CT molecular complexity index is 199. The van der Waals surface area contributed by atoms with Gasteiger partial charge in [-0.2, -0.15) is 0 Å². The van der Waals surface area contributed by atoms with Crippen molar-refractivity contribution < 1.29 is 67.0 Å². The third-order valence-corrected chi connectivity index (χ3v) is 0.605. The van der Waals surface area contributed by atoms with Crippen molar-refractivity contribution in [3.63, 3.8) is 0 Å². The van der Waals surface area contributed by atoms with Crippen LogP contribution in [0.5, 0.6) is 0 Å². The summed E-state index contributed by atoms with van der Waals surface area (Å²) >= 11 is 0. The summed E-state index contributed by atoms with van der Waals surface area (Å²) in [5.74, 6) is -5.25. The molecule has 0 aliphatic carbocycles. The average Bonchev–Trinajstić information content (AvgIpc) is 1.79. The molecular formula is C6H12NiO10. The number of hydrogen-bond acceptors (Lipinski definition) is 4. The van der Waals surface area contributed by atoms with Crippen LogP contribution in [0.4, 0.5) is 0 Å². The molecule has 0 heterocycles. The molecule has 0 saturated heterocycles. The molecule has 0 rings (SSSR count). The summed E-state index contributed by atoms with van der Waals surface area (Å²) in [6.07, 6.45) is -1.61. The van der Waals surface area contributed by atoms with Gasteiger partial charge in [0.25, 0.3) is 0 Å². The summed E-state index contributed by atoms with van der Waals surface area (Å²) in [4.78, 5) is 37.7. The van der Waals surface area contributed by atoms with Crippen LogP contribution in [-0.2, 0) is 35.7 Å². The number of carbonyl (C=O) groups is 4. The summed E-state index contributed by atoms with van der Waals surface area (Å²) in [6.45, 7) is 0. The van der Waals surface area contributed by atoms with E-state index in [1.165, 1.54) is 0 Å². The molecule has 0 spiro atoms. The maximum atomic E-state index is 9.43. The second kappa shape index (κ2) is 16.7. The van der Waals surface area contributed by atoms with Crippen molar-refractivity contribution in [1.82, 2.24) is 0 Å². The largest absolute Gasteiger partial charge is 0.481 e.